The molecule has 0 spiro atoms. The van der Waals surface area contributed by atoms with Gasteiger partial charge in [0.2, 0.25) is 0 Å². The molecule has 0 aliphatic heterocycles. The topological polar surface area (TPSA) is 68.5 Å². The van der Waals surface area contributed by atoms with Gasteiger partial charge in [-0.05, 0) is 54.5 Å². The van der Waals surface area contributed by atoms with E-state index in [-0.39, 0.29) is 18.3 Å². The monoisotopic (exact) mass is 521 g/mol. The van der Waals surface area contributed by atoms with E-state index in [4.69, 9.17) is 4.74 Å². The zero-order valence-electron chi connectivity index (χ0n) is 21.8. The zero-order valence-corrected chi connectivity index (χ0v) is 22.6. The number of hydrogen-bond donors (Lipinski definition) is 1. The van der Waals surface area contributed by atoms with E-state index < -0.39 is 11.4 Å². The maximum absolute atomic E-state index is 13.0. The van der Waals surface area contributed by atoms with Crippen molar-refractivity contribution in [2.45, 2.75) is 69.1 Å². The summed E-state index contributed by atoms with van der Waals surface area (Å²) in [6.45, 7) is 0. The van der Waals surface area contributed by atoms with Crippen LogP contribution < -0.4 is 0 Å². The number of aliphatic hydroxyl groups is 1. The largest absolute Gasteiger partial charge is 0.469 e. The average molecular weight is 522 g/mol. The lowest BCUT2D eigenvalue weighted by molar-refractivity contribution is -0.140. The Kier molecular flexibility index (Phi) is 12.5. The first kappa shape index (κ1) is 28.7. The number of nitrogens with zero attached hydrogens (tertiary/aromatic N) is 1. The number of benzene rings is 2. The van der Waals surface area contributed by atoms with Crippen molar-refractivity contribution in [3.05, 3.63) is 95.8 Å². The van der Waals surface area contributed by atoms with E-state index in [9.17, 15) is 14.7 Å². The predicted molar refractivity (Wildman–Crippen MR) is 151 cm³/mol. The van der Waals surface area contributed by atoms with Gasteiger partial charge in [0.05, 0.1) is 18.8 Å². The number of carbonyl (C=O) groups is 2. The number of esters is 1. The van der Waals surface area contributed by atoms with Crippen molar-refractivity contribution in [1.82, 2.24) is 4.57 Å². The van der Waals surface area contributed by atoms with Crippen molar-refractivity contribution in [1.29, 1.82) is 0 Å². The van der Waals surface area contributed by atoms with Crippen LogP contribution in [0.2, 0.25) is 0 Å². The Morgan fingerprint density at radius 1 is 0.838 bits per heavy atom. The van der Waals surface area contributed by atoms with Gasteiger partial charge in [0.15, 0.2) is 0 Å². The number of methoxy groups -OCH3 is 1. The Hall–Kier alpha value is -2.83. The molecule has 0 aliphatic carbocycles. The van der Waals surface area contributed by atoms with Crippen molar-refractivity contribution in [3.8, 4) is 0 Å². The normalized spacial score (nSPS) is 12.7. The summed E-state index contributed by atoms with van der Waals surface area (Å²) in [4.78, 5) is 24.6. The second-order valence-electron chi connectivity index (χ2n) is 9.30. The maximum Gasteiger partial charge on any atom is 0.306 e. The number of aliphatic hydroxyl groups excluding tert-OH is 1. The smallest absolute Gasteiger partial charge is 0.306 e. The molecule has 5 nitrogen and oxygen atoms in total. The molecule has 2 aromatic carbocycles. The predicted octanol–water partition coefficient (Wildman–Crippen LogP) is 6.65. The molecule has 0 unspecified atom stereocenters. The van der Waals surface area contributed by atoms with E-state index in [1.54, 1.807) is 24.5 Å². The molecule has 6 heteroatoms. The second-order valence-corrected chi connectivity index (χ2v) is 10.5. The minimum absolute atomic E-state index is 0.231. The van der Waals surface area contributed by atoms with E-state index in [0.29, 0.717) is 5.75 Å². The number of aryl methyl sites for hydroxylation is 2. The number of rotatable bonds is 16. The van der Waals surface area contributed by atoms with Gasteiger partial charge < -0.3 is 9.84 Å². The van der Waals surface area contributed by atoms with Gasteiger partial charge in [-0.1, -0.05) is 80.3 Å². The van der Waals surface area contributed by atoms with Gasteiger partial charge in [-0.15, -0.1) is 11.8 Å². The number of hydrogen-bond acceptors (Lipinski definition) is 5. The highest BCUT2D eigenvalue weighted by molar-refractivity contribution is 7.99. The molecular weight excluding hydrogens is 482 g/mol. The SMILES string of the molecule is COC(=O)CCS[C@H](c1ccccc1CCCCCCCCc1ccccc1)[C@@H](O)C(=O)n1cccc1. The van der Waals surface area contributed by atoms with Gasteiger partial charge in [-0.25, -0.2) is 0 Å². The Labute approximate surface area is 225 Å². The molecule has 0 saturated heterocycles. The standard InChI is InChI=1S/C31H39NO4S/c1-36-28(33)21-24-37-30(29(34)31(35)32-22-13-14-23-32)27-20-12-11-19-26(27)18-10-5-3-2-4-7-15-25-16-8-6-9-17-25/h6,8-9,11-14,16-17,19-20,22-23,29-30,34H,2-5,7,10,15,18,21,24H2,1H3/t29-,30-/m1/s1. The molecule has 1 aromatic heterocycles. The van der Waals surface area contributed by atoms with Crippen LogP contribution in [0.15, 0.2) is 79.1 Å². The summed E-state index contributed by atoms with van der Waals surface area (Å²) in [6, 6.07) is 22.2. The summed E-state index contributed by atoms with van der Waals surface area (Å²) in [5, 5.41) is 10.7. The molecule has 3 rings (SSSR count). The van der Waals surface area contributed by atoms with Crippen LogP contribution in [0.1, 0.15) is 71.7 Å². The highest BCUT2D eigenvalue weighted by Crippen LogP contribution is 2.36. The molecule has 198 valence electrons. The molecule has 0 aliphatic rings. The Balaban J connectivity index is 1.54. The minimum Gasteiger partial charge on any atom is -0.469 e. The Bertz CT molecular complexity index is 1070. The first-order valence-corrected chi connectivity index (χ1v) is 14.3. The molecule has 3 aromatic rings. The highest BCUT2D eigenvalue weighted by Gasteiger charge is 2.30. The van der Waals surface area contributed by atoms with Crippen molar-refractivity contribution < 1.29 is 19.4 Å². The lowest BCUT2D eigenvalue weighted by atomic mass is 9.96. The number of aromatic nitrogens is 1. The molecule has 2 atom stereocenters. The molecule has 0 saturated carbocycles. The van der Waals surface area contributed by atoms with Crippen molar-refractivity contribution in [3.63, 3.8) is 0 Å². The number of carbonyl (C=O) groups excluding carboxylic acids is 2. The lowest BCUT2D eigenvalue weighted by Gasteiger charge is -2.24. The van der Waals surface area contributed by atoms with E-state index in [1.165, 1.54) is 54.7 Å². The van der Waals surface area contributed by atoms with E-state index in [1.807, 2.05) is 18.2 Å². The summed E-state index contributed by atoms with van der Waals surface area (Å²) in [5.74, 6) is -0.203. The Morgan fingerprint density at radius 2 is 1.46 bits per heavy atom. The van der Waals surface area contributed by atoms with Gasteiger partial charge >= 0.3 is 5.97 Å². The van der Waals surface area contributed by atoms with Gasteiger partial charge in [0.25, 0.3) is 5.91 Å². The molecule has 0 fully saturated rings. The maximum atomic E-state index is 13.0. The quantitative estimate of drug-likeness (QED) is 0.169. The van der Waals surface area contributed by atoms with E-state index >= 15 is 0 Å². The summed E-state index contributed by atoms with van der Waals surface area (Å²) >= 11 is 1.43. The first-order chi connectivity index (χ1) is 18.1. The number of ether oxygens (including phenoxy) is 1. The number of thioether (sulfide) groups is 1. The van der Waals surface area contributed by atoms with E-state index in [2.05, 4.69) is 36.4 Å². The summed E-state index contributed by atoms with van der Waals surface area (Å²) in [6.07, 6.45) is 11.5. The fraction of sp³-hybridized carbons (Fsp3) is 0.419. The third-order valence-corrected chi connectivity index (χ3v) is 7.91. The third-order valence-electron chi connectivity index (χ3n) is 6.60. The molecular formula is C31H39NO4S. The fourth-order valence-corrected chi connectivity index (χ4v) is 5.77. The highest BCUT2D eigenvalue weighted by atomic mass is 32.2. The van der Waals surface area contributed by atoms with Crippen LogP contribution in [0.3, 0.4) is 0 Å². The van der Waals surface area contributed by atoms with Crippen LogP contribution in [-0.4, -0.2) is 40.5 Å². The Morgan fingerprint density at radius 3 is 2.16 bits per heavy atom. The van der Waals surface area contributed by atoms with Crippen LogP contribution in [0.25, 0.3) is 0 Å². The van der Waals surface area contributed by atoms with Crippen molar-refractivity contribution >= 4 is 23.6 Å². The fourth-order valence-electron chi connectivity index (χ4n) is 4.52. The van der Waals surface area contributed by atoms with Crippen molar-refractivity contribution in [2.24, 2.45) is 0 Å². The second kappa shape index (κ2) is 16.1. The van der Waals surface area contributed by atoms with Gasteiger partial charge in [-0.2, -0.15) is 0 Å². The lowest BCUT2D eigenvalue weighted by Crippen LogP contribution is -2.31. The zero-order chi connectivity index (χ0) is 26.3. The first-order valence-electron chi connectivity index (χ1n) is 13.3. The van der Waals surface area contributed by atoms with Crippen LogP contribution in [0.5, 0.6) is 0 Å². The molecule has 0 radical (unpaired) electrons. The van der Waals surface area contributed by atoms with Crippen LogP contribution >= 0.6 is 11.8 Å². The van der Waals surface area contributed by atoms with Crippen molar-refractivity contribution in [2.75, 3.05) is 12.9 Å². The van der Waals surface area contributed by atoms with Crippen LogP contribution in [-0.2, 0) is 22.4 Å². The minimum atomic E-state index is -1.22. The third kappa shape index (κ3) is 9.52. The summed E-state index contributed by atoms with van der Waals surface area (Å²) in [5.41, 5.74) is 3.53. The molecule has 37 heavy (non-hydrogen) atoms. The summed E-state index contributed by atoms with van der Waals surface area (Å²) < 4.78 is 6.18. The van der Waals surface area contributed by atoms with Gasteiger partial charge in [0, 0.05) is 18.1 Å². The van der Waals surface area contributed by atoms with Gasteiger partial charge in [0.1, 0.15) is 6.10 Å². The van der Waals surface area contributed by atoms with Crippen LogP contribution in [0, 0.1) is 0 Å². The average Bonchev–Trinajstić information content (AvgIpc) is 3.48. The number of unbranched alkanes of at least 4 members (excludes halogenated alkanes) is 5. The molecule has 0 amide bonds. The van der Waals surface area contributed by atoms with Crippen LogP contribution in [0.4, 0.5) is 0 Å². The summed E-state index contributed by atoms with van der Waals surface area (Å²) in [7, 11) is 1.37. The molecule has 0 bridgehead atoms. The molecule has 1 heterocycles. The van der Waals surface area contributed by atoms with E-state index in [0.717, 1.165) is 36.8 Å². The molecule has 1 N–H and O–H groups in total. The van der Waals surface area contributed by atoms with Gasteiger partial charge in [-0.3, -0.25) is 14.2 Å².